The highest BCUT2D eigenvalue weighted by atomic mass is 16.5. The first-order chi connectivity index (χ1) is 14.0. The molecule has 148 valence electrons. The van der Waals surface area contributed by atoms with Crippen molar-refractivity contribution < 1.29 is 14.3 Å². The van der Waals surface area contributed by atoms with Crippen molar-refractivity contribution >= 4 is 29.1 Å². The summed E-state index contributed by atoms with van der Waals surface area (Å²) in [6, 6.07) is 18.4. The van der Waals surface area contributed by atoms with Gasteiger partial charge in [0.2, 0.25) is 5.91 Å². The fourth-order valence-corrected chi connectivity index (χ4v) is 2.78. The second kappa shape index (κ2) is 9.50. The topological polar surface area (TPSA) is 80.3 Å². The van der Waals surface area contributed by atoms with E-state index in [0.717, 1.165) is 22.5 Å². The molecule has 2 aromatic carbocycles. The number of carbonyl (C=O) groups excluding carboxylic acids is 2. The maximum Gasteiger partial charge on any atom is 0.338 e. The molecule has 0 aliphatic carbocycles. The number of esters is 1. The van der Waals surface area contributed by atoms with Crippen molar-refractivity contribution in [3.05, 3.63) is 83.6 Å². The first-order valence-corrected chi connectivity index (χ1v) is 9.40. The molecule has 2 N–H and O–H groups in total. The fourth-order valence-electron chi connectivity index (χ4n) is 2.78. The summed E-state index contributed by atoms with van der Waals surface area (Å²) in [6.07, 6.45) is 1.95. The SMILES string of the molecule is CCOC(=O)c1ccc(Nc2ccc(NC(=O)Cc3ccccc3C)nc2)cc1. The lowest BCUT2D eigenvalue weighted by molar-refractivity contribution is -0.115. The van der Waals surface area contributed by atoms with Crippen LogP contribution >= 0.6 is 0 Å². The molecule has 0 fully saturated rings. The Kier molecular flexibility index (Phi) is 6.58. The zero-order chi connectivity index (χ0) is 20.6. The summed E-state index contributed by atoms with van der Waals surface area (Å²) in [6.45, 7) is 4.11. The van der Waals surface area contributed by atoms with Gasteiger partial charge in [0, 0.05) is 5.69 Å². The number of rotatable bonds is 7. The van der Waals surface area contributed by atoms with E-state index in [0.29, 0.717) is 24.4 Å². The van der Waals surface area contributed by atoms with Gasteiger partial charge in [-0.1, -0.05) is 24.3 Å². The molecular weight excluding hydrogens is 366 g/mol. The lowest BCUT2D eigenvalue weighted by Crippen LogP contribution is -2.15. The Morgan fingerprint density at radius 3 is 2.34 bits per heavy atom. The molecule has 0 bridgehead atoms. The maximum absolute atomic E-state index is 12.2. The molecule has 1 amide bonds. The molecule has 0 spiro atoms. The number of anilines is 3. The number of hydrogen-bond acceptors (Lipinski definition) is 5. The molecule has 0 unspecified atom stereocenters. The quantitative estimate of drug-likeness (QED) is 0.582. The van der Waals surface area contributed by atoms with Crippen molar-refractivity contribution in [3.8, 4) is 0 Å². The van der Waals surface area contributed by atoms with Crippen LogP contribution in [0.2, 0.25) is 0 Å². The van der Waals surface area contributed by atoms with Gasteiger partial charge in [-0.25, -0.2) is 9.78 Å². The second-order valence-electron chi connectivity index (χ2n) is 6.51. The van der Waals surface area contributed by atoms with Crippen LogP contribution in [-0.4, -0.2) is 23.5 Å². The molecular formula is C23H23N3O3. The Hall–Kier alpha value is -3.67. The summed E-state index contributed by atoms with van der Waals surface area (Å²) in [5, 5.41) is 6.01. The first-order valence-electron chi connectivity index (χ1n) is 9.40. The van der Waals surface area contributed by atoms with Gasteiger partial charge in [-0.05, 0) is 61.4 Å². The van der Waals surface area contributed by atoms with E-state index < -0.39 is 0 Å². The number of nitrogens with zero attached hydrogens (tertiary/aromatic N) is 1. The van der Waals surface area contributed by atoms with E-state index in [-0.39, 0.29) is 11.9 Å². The van der Waals surface area contributed by atoms with Crippen LogP contribution in [0.1, 0.15) is 28.4 Å². The lowest BCUT2D eigenvalue weighted by atomic mass is 10.1. The van der Waals surface area contributed by atoms with Crippen molar-refractivity contribution in [2.24, 2.45) is 0 Å². The van der Waals surface area contributed by atoms with Crippen LogP contribution in [0.3, 0.4) is 0 Å². The Morgan fingerprint density at radius 1 is 0.966 bits per heavy atom. The standard InChI is InChI=1S/C23H23N3O3/c1-3-29-23(28)17-8-10-19(11-9-17)25-20-12-13-21(24-15-20)26-22(27)14-18-7-5-4-6-16(18)2/h4-13,15,25H,3,14H2,1-2H3,(H,24,26,27). The molecule has 1 aromatic heterocycles. The predicted octanol–water partition coefficient (Wildman–Crippen LogP) is 4.49. The van der Waals surface area contributed by atoms with E-state index in [4.69, 9.17) is 4.74 Å². The van der Waals surface area contributed by atoms with Crippen LogP contribution in [0, 0.1) is 6.92 Å². The number of aromatic nitrogens is 1. The van der Waals surface area contributed by atoms with Gasteiger partial charge in [0.25, 0.3) is 0 Å². The average Bonchev–Trinajstić information content (AvgIpc) is 2.72. The minimum Gasteiger partial charge on any atom is -0.462 e. The third-order valence-corrected chi connectivity index (χ3v) is 4.33. The molecule has 0 atom stereocenters. The van der Waals surface area contributed by atoms with Crippen LogP contribution in [0.5, 0.6) is 0 Å². The van der Waals surface area contributed by atoms with Crippen molar-refractivity contribution in [1.29, 1.82) is 0 Å². The van der Waals surface area contributed by atoms with Gasteiger partial charge in [0.05, 0.1) is 30.5 Å². The number of nitrogens with one attached hydrogen (secondary N) is 2. The Labute approximate surface area is 169 Å². The normalized spacial score (nSPS) is 10.3. The van der Waals surface area contributed by atoms with Crippen molar-refractivity contribution in [2.45, 2.75) is 20.3 Å². The molecule has 0 aliphatic heterocycles. The zero-order valence-electron chi connectivity index (χ0n) is 16.4. The largest absolute Gasteiger partial charge is 0.462 e. The Bertz CT molecular complexity index is 983. The van der Waals surface area contributed by atoms with Crippen LogP contribution in [0.25, 0.3) is 0 Å². The monoisotopic (exact) mass is 389 g/mol. The molecule has 0 saturated heterocycles. The average molecular weight is 389 g/mol. The molecule has 29 heavy (non-hydrogen) atoms. The van der Waals surface area contributed by atoms with E-state index in [9.17, 15) is 9.59 Å². The van der Waals surface area contributed by atoms with E-state index in [1.807, 2.05) is 37.3 Å². The number of carbonyl (C=O) groups is 2. The maximum atomic E-state index is 12.2. The number of ether oxygens (including phenoxy) is 1. The molecule has 1 heterocycles. The lowest BCUT2D eigenvalue weighted by Gasteiger charge is -2.09. The van der Waals surface area contributed by atoms with Gasteiger partial charge >= 0.3 is 5.97 Å². The molecule has 0 aliphatic rings. The molecule has 3 rings (SSSR count). The highest BCUT2D eigenvalue weighted by Crippen LogP contribution is 2.18. The highest BCUT2D eigenvalue weighted by molar-refractivity contribution is 5.92. The van der Waals surface area contributed by atoms with Gasteiger partial charge in [-0.15, -0.1) is 0 Å². The van der Waals surface area contributed by atoms with Crippen LogP contribution in [-0.2, 0) is 16.0 Å². The minimum atomic E-state index is -0.341. The Balaban J connectivity index is 1.56. The zero-order valence-corrected chi connectivity index (χ0v) is 16.4. The van der Waals surface area contributed by atoms with Gasteiger partial charge in [0.1, 0.15) is 5.82 Å². The molecule has 6 heteroatoms. The summed E-state index contributed by atoms with van der Waals surface area (Å²) in [7, 11) is 0. The van der Waals surface area contributed by atoms with Crippen LogP contribution in [0.15, 0.2) is 66.9 Å². The summed E-state index contributed by atoms with van der Waals surface area (Å²) >= 11 is 0. The van der Waals surface area contributed by atoms with Crippen LogP contribution < -0.4 is 10.6 Å². The number of benzene rings is 2. The summed E-state index contributed by atoms with van der Waals surface area (Å²) < 4.78 is 4.97. The van der Waals surface area contributed by atoms with Crippen molar-refractivity contribution in [2.75, 3.05) is 17.2 Å². The van der Waals surface area contributed by atoms with E-state index in [1.54, 1.807) is 43.5 Å². The number of amides is 1. The molecule has 0 saturated carbocycles. The summed E-state index contributed by atoms with van der Waals surface area (Å²) in [5.74, 6) is 0.0420. The molecule has 3 aromatic rings. The number of hydrogen-bond donors (Lipinski definition) is 2. The third-order valence-electron chi connectivity index (χ3n) is 4.33. The second-order valence-corrected chi connectivity index (χ2v) is 6.51. The van der Waals surface area contributed by atoms with Gasteiger partial charge in [-0.2, -0.15) is 0 Å². The Morgan fingerprint density at radius 2 is 1.69 bits per heavy atom. The molecule has 6 nitrogen and oxygen atoms in total. The fraction of sp³-hybridized carbons (Fsp3) is 0.174. The number of pyridine rings is 1. The van der Waals surface area contributed by atoms with Gasteiger partial charge in [0.15, 0.2) is 0 Å². The first kappa shape index (κ1) is 20.1. The van der Waals surface area contributed by atoms with Gasteiger partial charge in [-0.3, -0.25) is 4.79 Å². The van der Waals surface area contributed by atoms with Crippen molar-refractivity contribution in [3.63, 3.8) is 0 Å². The smallest absolute Gasteiger partial charge is 0.338 e. The minimum absolute atomic E-state index is 0.109. The van der Waals surface area contributed by atoms with E-state index >= 15 is 0 Å². The van der Waals surface area contributed by atoms with E-state index in [2.05, 4.69) is 15.6 Å². The van der Waals surface area contributed by atoms with Crippen LogP contribution in [0.4, 0.5) is 17.2 Å². The predicted molar refractivity (Wildman–Crippen MR) is 113 cm³/mol. The van der Waals surface area contributed by atoms with E-state index in [1.165, 1.54) is 0 Å². The molecule has 0 radical (unpaired) electrons. The summed E-state index contributed by atoms with van der Waals surface area (Å²) in [4.78, 5) is 28.2. The van der Waals surface area contributed by atoms with Crippen molar-refractivity contribution in [1.82, 2.24) is 4.98 Å². The highest BCUT2D eigenvalue weighted by Gasteiger charge is 2.08. The third kappa shape index (κ3) is 5.65. The summed E-state index contributed by atoms with van der Waals surface area (Å²) in [5.41, 5.74) is 4.17. The van der Waals surface area contributed by atoms with Gasteiger partial charge < -0.3 is 15.4 Å². The number of aryl methyl sites for hydroxylation is 1.